The summed E-state index contributed by atoms with van der Waals surface area (Å²) in [7, 11) is 0. The standard InChI is InChI=1S/C15H10BrNO2/c16-12-5-1-11(2-6-12)15-17-9-14(19-15)10-3-7-13(18)8-4-10/h1-9,18H. The summed E-state index contributed by atoms with van der Waals surface area (Å²) >= 11 is 3.39. The average Bonchev–Trinajstić information content (AvgIpc) is 2.90. The molecule has 0 spiro atoms. The Morgan fingerprint density at radius 3 is 2.21 bits per heavy atom. The normalized spacial score (nSPS) is 10.6. The maximum Gasteiger partial charge on any atom is 0.226 e. The molecule has 0 unspecified atom stereocenters. The summed E-state index contributed by atoms with van der Waals surface area (Å²) in [6.45, 7) is 0. The molecule has 19 heavy (non-hydrogen) atoms. The Labute approximate surface area is 118 Å². The van der Waals surface area contributed by atoms with Gasteiger partial charge in [-0.05, 0) is 48.5 Å². The number of rotatable bonds is 2. The molecule has 0 radical (unpaired) electrons. The third-order valence-electron chi connectivity index (χ3n) is 2.75. The number of halogens is 1. The molecular formula is C15H10BrNO2. The van der Waals surface area contributed by atoms with Gasteiger partial charge in [-0.25, -0.2) is 4.98 Å². The number of phenolic OH excluding ortho intramolecular Hbond substituents is 1. The van der Waals surface area contributed by atoms with Crippen molar-refractivity contribution in [1.82, 2.24) is 4.98 Å². The molecule has 0 atom stereocenters. The largest absolute Gasteiger partial charge is 0.508 e. The van der Waals surface area contributed by atoms with Gasteiger partial charge in [0, 0.05) is 15.6 Å². The van der Waals surface area contributed by atoms with Crippen LogP contribution < -0.4 is 0 Å². The van der Waals surface area contributed by atoms with Crippen molar-refractivity contribution >= 4 is 15.9 Å². The predicted octanol–water partition coefficient (Wildman–Crippen LogP) is 4.48. The number of nitrogens with zero attached hydrogens (tertiary/aromatic N) is 1. The van der Waals surface area contributed by atoms with E-state index in [-0.39, 0.29) is 5.75 Å². The van der Waals surface area contributed by atoms with Crippen LogP contribution in [0, 0.1) is 0 Å². The lowest BCUT2D eigenvalue weighted by atomic mass is 10.2. The van der Waals surface area contributed by atoms with Crippen molar-refractivity contribution in [2.75, 3.05) is 0 Å². The van der Waals surface area contributed by atoms with Gasteiger partial charge in [-0.15, -0.1) is 0 Å². The fourth-order valence-corrected chi connectivity index (χ4v) is 2.02. The Kier molecular flexibility index (Phi) is 3.09. The van der Waals surface area contributed by atoms with Crippen LogP contribution in [0.1, 0.15) is 0 Å². The molecule has 0 fully saturated rings. The molecule has 0 bridgehead atoms. The van der Waals surface area contributed by atoms with Crippen LogP contribution in [0.5, 0.6) is 5.75 Å². The number of oxazole rings is 1. The zero-order valence-corrected chi connectivity index (χ0v) is 11.5. The molecule has 0 aliphatic carbocycles. The second-order valence-corrected chi connectivity index (χ2v) is 5.00. The van der Waals surface area contributed by atoms with E-state index in [1.807, 2.05) is 24.3 Å². The van der Waals surface area contributed by atoms with Gasteiger partial charge in [-0.2, -0.15) is 0 Å². The van der Waals surface area contributed by atoms with E-state index in [1.54, 1.807) is 30.5 Å². The maximum atomic E-state index is 9.26. The molecule has 1 N–H and O–H groups in total. The Hall–Kier alpha value is -2.07. The molecule has 0 aliphatic rings. The van der Waals surface area contributed by atoms with Gasteiger partial charge in [0.15, 0.2) is 5.76 Å². The first-order chi connectivity index (χ1) is 9.22. The van der Waals surface area contributed by atoms with Gasteiger partial charge >= 0.3 is 0 Å². The summed E-state index contributed by atoms with van der Waals surface area (Å²) in [5, 5.41) is 9.26. The molecule has 0 saturated heterocycles. The summed E-state index contributed by atoms with van der Waals surface area (Å²) in [4.78, 5) is 4.27. The molecule has 1 heterocycles. The molecule has 2 aromatic carbocycles. The highest BCUT2D eigenvalue weighted by Gasteiger charge is 2.08. The number of benzene rings is 2. The highest BCUT2D eigenvalue weighted by molar-refractivity contribution is 9.10. The zero-order valence-electron chi connectivity index (χ0n) is 9.88. The fraction of sp³-hybridized carbons (Fsp3) is 0. The molecule has 1 aromatic heterocycles. The van der Waals surface area contributed by atoms with Crippen molar-refractivity contribution in [2.24, 2.45) is 0 Å². The van der Waals surface area contributed by atoms with Crippen LogP contribution in [0.25, 0.3) is 22.8 Å². The van der Waals surface area contributed by atoms with Crippen LogP contribution in [-0.2, 0) is 0 Å². The minimum atomic E-state index is 0.233. The number of aromatic nitrogens is 1. The number of aromatic hydroxyl groups is 1. The monoisotopic (exact) mass is 315 g/mol. The van der Waals surface area contributed by atoms with E-state index in [1.165, 1.54) is 0 Å². The lowest BCUT2D eigenvalue weighted by molar-refractivity contribution is 0.475. The SMILES string of the molecule is Oc1ccc(-c2cnc(-c3ccc(Br)cc3)o2)cc1. The number of phenols is 1. The maximum absolute atomic E-state index is 9.26. The first-order valence-corrected chi connectivity index (χ1v) is 6.53. The predicted molar refractivity (Wildman–Crippen MR) is 76.7 cm³/mol. The smallest absolute Gasteiger partial charge is 0.226 e. The van der Waals surface area contributed by atoms with E-state index in [4.69, 9.17) is 4.42 Å². The van der Waals surface area contributed by atoms with Crippen LogP contribution >= 0.6 is 15.9 Å². The Morgan fingerprint density at radius 2 is 1.53 bits per heavy atom. The zero-order chi connectivity index (χ0) is 13.2. The topological polar surface area (TPSA) is 46.3 Å². The van der Waals surface area contributed by atoms with Crippen LogP contribution in [0.4, 0.5) is 0 Å². The third-order valence-corrected chi connectivity index (χ3v) is 3.28. The van der Waals surface area contributed by atoms with Crippen molar-refractivity contribution in [2.45, 2.75) is 0 Å². The summed E-state index contributed by atoms with van der Waals surface area (Å²) in [5.74, 6) is 1.49. The molecule has 3 rings (SSSR count). The van der Waals surface area contributed by atoms with Gasteiger partial charge in [0.2, 0.25) is 5.89 Å². The Morgan fingerprint density at radius 1 is 0.895 bits per heavy atom. The molecular weight excluding hydrogens is 306 g/mol. The third kappa shape index (κ3) is 2.53. The minimum absolute atomic E-state index is 0.233. The molecule has 94 valence electrons. The van der Waals surface area contributed by atoms with Gasteiger partial charge in [0.25, 0.3) is 0 Å². The van der Waals surface area contributed by atoms with E-state index < -0.39 is 0 Å². The van der Waals surface area contributed by atoms with E-state index in [9.17, 15) is 5.11 Å². The van der Waals surface area contributed by atoms with Crippen LogP contribution in [-0.4, -0.2) is 10.1 Å². The summed E-state index contributed by atoms with van der Waals surface area (Å²) < 4.78 is 6.74. The van der Waals surface area contributed by atoms with Gasteiger partial charge in [-0.3, -0.25) is 0 Å². The van der Waals surface area contributed by atoms with E-state index in [2.05, 4.69) is 20.9 Å². The Bertz CT molecular complexity index is 627. The van der Waals surface area contributed by atoms with Crippen LogP contribution in [0.2, 0.25) is 0 Å². The number of hydrogen-bond acceptors (Lipinski definition) is 3. The molecule has 0 amide bonds. The summed E-state index contributed by atoms with van der Waals surface area (Å²) in [5.41, 5.74) is 1.81. The number of hydrogen-bond donors (Lipinski definition) is 1. The second kappa shape index (κ2) is 4.90. The lowest BCUT2D eigenvalue weighted by Gasteiger charge is -1.97. The fourth-order valence-electron chi connectivity index (χ4n) is 1.76. The molecule has 0 aliphatic heterocycles. The van der Waals surface area contributed by atoms with Crippen molar-refractivity contribution in [3.05, 3.63) is 59.2 Å². The van der Waals surface area contributed by atoms with E-state index >= 15 is 0 Å². The lowest BCUT2D eigenvalue weighted by Crippen LogP contribution is -1.75. The van der Waals surface area contributed by atoms with Crippen molar-refractivity contribution < 1.29 is 9.52 Å². The summed E-state index contributed by atoms with van der Waals surface area (Å²) in [6.07, 6.45) is 1.68. The second-order valence-electron chi connectivity index (χ2n) is 4.08. The van der Waals surface area contributed by atoms with Gasteiger partial charge < -0.3 is 9.52 Å². The minimum Gasteiger partial charge on any atom is -0.508 e. The molecule has 0 saturated carbocycles. The first-order valence-electron chi connectivity index (χ1n) is 5.73. The highest BCUT2D eigenvalue weighted by Crippen LogP contribution is 2.27. The molecule has 3 aromatic rings. The molecule has 4 heteroatoms. The van der Waals surface area contributed by atoms with Crippen LogP contribution in [0.15, 0.2) is 63.6 Å². The van der Waals surface area contributed by atoms with Gasteiger partial charge in [0.1, 0.15) is 5.75 Å². The first kappa shape index (κ1) is 12.0. The molecule has 3 nitrogen and oxygen atoms in total. The van der Waals surface area contributed by atoms with Crippen molar-refractivity contribution in [3.8, 4) is 28.5 Å². The van der Waals surface area contributed by atoms with E-state index in [0.717, 1.165) is 15.6 Å². The quantitative estimate of drug-likeness (QED) is 0.758. The van der Waals surface area contributed by atoms with Crippen molar-refractivity contribution in [3.63, 3.8) is 0 Å². The summed E-state index contributed by atoms with van der Waals surface area (Å²) in [6, 6.07) is 14.6. The van der Waals surface area contributed by atoms with E-state index in [0.29, 0.717) is 11.7 Å². The average molecular weight is 316 g/mol. The Balaban J connectivity index is 1.95. The van der Waals surface area contributed by atoms with Gasteiger partial charge in [0.05, 0.1) is 6.20 Å². The highest BCUT2D eigenvalue weighted by atomic mass is 79.9. The van der Waals surface area contributed by atoms with Gasteiger partial charge in [-0.1, -0.05) is 15.9 Å². The van der Waals surface area contributed by atoms with Crippen LogP contribution in [0.3, 0.4) is 0 Å². The van der Waals surface area contributed by atoms with Crippen molar-refractivity contribution in [1.29, 1.82) is 0 Å².